The summed E-state index contributed by atoms with van der Waals surface area (Å²) >= 11 is 0. The molecule has 0 bridgehead atoms. The predicted molar refractivity (Wildman–Crippen MR) is 56.5 cm³/mol. The molecule has 0 spiro atoms. The van der Waals surface area contributed by atoms with E-state index in [0.717, 1.165) is 5.69 Å². The van der Waals surface area contributed by atoms with Gasteiger partial charge in [0.2, 0.25) is 0 Å². The summed E-state index contributed by atoms with van der Waals surface area (Å²) in [7, 11) is 1.79. The van der Waals surface area contributed by atoms with E-state index in [1.807, 2.05) is 6.07 Å². The summed E-state index contributed by atoms with van der Waals surface area (Å²) in [5, 5.41) is 16.5. The van der Waals surface area contributed by atoms with Crippen molar-refractivity contribution in [1.82, 2.24) is 15.0 Å². The maximum atomic E-state index is 8.86. The third-order valence-corrected chi connectivity index (χ3v) is 2.03. The van der Waals surface area contributed by atoms with Gasteiger partial charge in [0.05, 0.1) is 11.8 Å². The molecule has 1 heterocycles. The van der Waals surface area contributed by atoms with Crippen molar-refractivity contribution >= 4 is 0 Å². The Bertz CT molecular complexity index is 527. The lowest BCUT2D eigenvalue weighted by molar-refractivity contribution is 0.300. The number of ether oxygens (including phenoxy) is 1. The van der Waals surface area contributed by atoms with Crippen LogP contribution >= 0.6 is 0 Å². The van der Waals surface area contributed by atoms with E-state index in [1.165, 1.54) is 0 Å². The quantitative estimate of drug-likeness (QED) is 0.771. The molecule has 0 radical (unpaired) electrons. The summed E-state index contributed by atoms with van der Waals surface area (Å²) in [4.78, 5) is 0. The van der Waals surface area contributed by atoms with Crippen molar-refractivity contribution < 1.29 is 4.74 Å². The molecule has 1 aromatic heterocycles. The van der Waals surface area contributed by atoms with Crippen molar-refractivity contribution in [3.63, 3.8) is 0 Å². The molecule has 0 amide bonds. The third-order valence-electron chi connectivity index (χ3n) is 2.03. The van der Waals surface area contributed by atoms with Crippen molar-refractivity contribution in [1.29, 1.82) is 5.26 Å². The molecule has 0 fully saturated rings. The largest absolute Gasteiger partial charge is 0.486 e. The van der Waals surface area contributed by atoms with Gasteiger partial charge in [-0.3, -0.25) is 4.68 Å². The summed E-state index contributed by atoms with van der Waals surface area (Å²) in [6.45, 7) is 0.312. The Kier molecular flexibility index (Phi) is 2.83. The highest BCUT2D eigenvalue weighted by Crippen LogP contribution is 2.17. The number of aryl methyl sites for hydroxylation is 1. The van der Waals surface area contributed by atoms with E-state index in [-0.39, 0.29) is 0 Å². The number of aromatic nitrogens is 3. The summed E-state index contributed by atoms with van der Waals surface area (Å²) in [5.74, 6) is 0.565. The van der Waals surface area contributed by atoms with Crippen LogP contribution in [0.3, 0.4) is 0 Å². The Hall–Kier alpha value is -2.35. The Balaban J connectivity index is 2.08. The number of benzene rings is 1. The van der Waals surface area contributed by atoms with Gasteiger partial charge in [0.1, 0.15) is 24.1 Å². The van der Waals surface area contributed by atoms with Gasteiger partial charge in [-0.15, -0.1) is 5.10 Å². The first-order valence-corrected chi connectivity index (χ1v) is 4.77. The van der Waals surface area contributed by atoms with Gasteiger partial charge in [0, 0.05) is 7.05 Å². The predicted octanol–water partition coefficient (Wildman–Crippen LogP) is 1.27. The first-order chi connectivity index (χ1) is 7.79. The first-order valence-electron chi connectivity index (χ1n) is 4.77. The fraction of sp³-hybridized carbons (Fsp3) is 0.182. The number of hydrogen-bond acceptors (Lipinski definition) is 4. The van der Waals surface area contributed by atoms with Crippen molar-refractivity contribution in [3.05, 3.63) is 41.7 Å². The van der Waals surface area contributed by atoms with Crippen molar-refractivity contribution in [2.75, 3.05) is 0 Å². The minimum absolute atomic E-state index is 0.312. The standard InChI is InChI=1S/C11H10N4O/c1-15-7-10(13-14-15)8-16-11-5-3-2-4-9(11)6-12/h2-5,7H,8H2,1H3. The molecule has 0 N–H and O–H groups in total. The highest BCUT2D eigenvalue weighted by Gasteiger charge is 2.03. The average molecular weight is 214 g/mol. The monoisotopic (exact) mass is 214 g/mol. The molecule has 0 aliphatic heterocycles. The fourth-order valence-corrected chi connectivity index (χ4v) is 1.30. The van der Waals surface area contributed by atoms with E-state index in [9.17, 15) is 0 Å². The molecule has 2 rings (SSSR count). The maximum Gasteiger partial charge on any atom is 0.137 e. The Morgan fingerprint density at radius 3 is 2.94 bits per heavy atom. The van der Waals surface area contributed by atoms with Gasteiger partial charge in [-0.2, -0.15) is 5.26 Å². The van der Waals surface area contributed by atoms with Gasteiger partial charge in [0.25, 0.3) is 0 Å². The highest BCUT2D eigenvalue weighted by molar-refractivity contribution is 5.42. The molecule has 0 aliphatic rings. The van der Waals surface area contributed by atoms with Crippen LogP contribution in [0.25, 0.3) is 0 Å². The van der Waals surface area contributed by atoms with E-state index >= 15 is 0 Å². The van der Waals surface area contributed by atoms with Crippen LogP contribution in [-0.4, -0.2) is 15.0 Å². The van der Waals surface area contributed by atoms with Crippen molar-refractivity contribution in [2.24, 2.45) is 7.05 Å². The highest BCUT2D eigenvalue weighted by atomic mass is 16.5. The van der Waals surface area contributed by atoms with Crippen LogP contribution in [0.1, 0.15) is 11.3 Å². The number of rotatable bonds is 3. The molecular formula is C11H10N4O. The van der Waals surface area contributed by atoms with Gasteiger partial charge >= 0.3 is 0 Å². The molecule has 5 nitrogen and oxygen atoms in total. The smallest absolute Gasteiger partial charge is 0.137 e. The number of para-hydroxylation sites is 1. The zero-order chi connectivity index (χ0) is 11.4. The summed E-state index contributed by atoms with van der Waals surface area (Å²) < 4.78 is 7.10. The molecule has 0 atom stereocenters. The Morgan fingerprint density at radius 1 is 1.44 bits per heavy atom. The molecule has 0 unspecified atom stereocenters. The second kappa shape index (κ2) is 4.45. The van der Waals surface area contributed by atoms with Crippen LogP contribution in [-0.2, 0) is 13.7 Å². The summed E-state index contributed by atoms with van der Waals surface area (Å²) in [5.41, 5.74) is 1.25. The van der Waals surface area contributed by atoms with Gasteiger partial charge in [0.15, 0.2) is 0 Å². The molecular weight excluding hydrogens is 204 g/mol. The van der Waals surface area contributed by atoms with Gasteiger partial charge in [-0.25, -0.2) is 0 Å². The van der Waals surface area contributed by atoms with Crippen LogP contribution in [0.2, 0.25) is 0 Å². The first kappa shape index (κ1) is 10.2. The van der Waals surface area contributed by atoms with Crippen LogP contribution in [0, 0.1) is 11.3 Å². The normalized spacial score (nSPS) is 9.75. The van der Waals surface area contributed by atoms with E-state index in [2.05, 4.69) is 16.4 Å². The van der Waals surface area contributed by atoms with Crippen LogP contribution in [0.4, 0.5) is 0 Å². The Labute approximate surface area is 92.9 Å². The van der Waals surface area contributed by atoms with Gasteiger partial charge in [-0.1, -0.05) is 17.3 Å². The third kappa shape index (κ3) is 2.17. The average Bonchev–Trinajstić information content (AvgIpc) is 2.73. The topological polar surface area (TPSA) is 63.7 Å². The van der Waals surface area contributed by atoms with E-state index in [1.54, 1.807) is 36.1 Å². The molecule has 0 saturated carbocycles. The van der Waals surface area contributed by atoms with E-state index in [0.29, 0.717) is 17.9 Å². The minimum atomic E-state index is 0.312. The van der Waals surface area contributed by atoms with Crippen LogP contribution in [0.15, 0.2) is 30.5 Å². The van der Waals surface area contributed by atoms with Crippen molar-refractivity contribution in [2.45, 2.75) is 6.61 Å². The zero-order valence-electron chi connectivity index (χ0n) is 8.79. The molecule has 80 valence electrons. The summed E-state index contributed by atoms with van der Waals surface area (Å²) in [6.07, 6.45) is 1.77. The molecule has 0 aliphatic carbocycles. The lowest BCUT2D eigenvalue weighted by Crippen LogP contribution is -1.97. The number of nitrogens with zero attached hydrogens (tertiary/aromatic N) is 4. The number of hydrogen-bond donors (Lipinski definition) is 0. The zero-order valence-corrected chi connectivity index (χ0v) is 8.79. The number of nitriles is 1. The molecule has 16 heavy (non-hydrogen) atoms. The Morgan fingerprint density at radius 2 is 2.25 bits per heavy atom. The molecule has 1 aromatic carbocycles. The molecule has 5 heteroatoms. The SMILES string of the molecule is Cn1cc(COc2ccccc2C#N)nn1. The van der Waals surface area contributed by atoms with Crippen LogP contribution in [0.5, 0.6) is 5.75 Å². The molecule has 0 saturated heterocycles. The van der Waals surface area contributed by atoms with Crippen LogP contribution < -0.4 is 4.74 Å². The second-order valence-corrected chi connectivity index (χ2v) is 3.28. The molecule has 2 aromatic rings. The van der Waals surface area contributed by atoms with Crippen molar-refractivity contribution in [3.8, 4) is 11.8 Å². The maximum absolute atomic E-state index is 8.86. The lowest BCUT2D eigenvalue weighted by atomic mass is 10.2. The van der Waals surface area contributed by atoms with E-state index in [4.69, 9.17) is 10.00 Å². The summed E-state index contributed by atoms with van der Waals surface area (Å²) in [6, 6.07) is 9.17. The fourth-order valence-electron chi connectivity index (χ4n) is 1.30. The second-order valence-electron chi connectivity index (χ2n) is 3.28. The van der Waals surface area contributed by atoms with Gasteiger partial charge in [-0.05, 0) is 12.1 Å². The van der Waals surface area contributed by atoms with Gasteiger partial charge < -0.3 is 4.74 Å². The minimum Gasteiger partial charge on any atom is -0.486 e. The van der Waals surface area contributed by atoms with E-state index < -0.39 is 0 Å². The lowest BCUT2D eigenvalue weighted by Gasteiger charge is -2.04.